The standard InChI is InChI=1S/C20H20N4O2S2/c1-23(2)9-10-24(19(25)13-7-8-14-17(11-13)27-12-21-14)20-22-18-15(26-3)5-4-6-16(18)28-20/h4-8,11-12H,9-10H2,1-3H3. The summed E-state index contributed by atoms with van der Waals surface area (Å²) in [4.78, 5) is 26.2. The van der Waals surface area contributed by atoms with Gasteiger partial charge in [-0.3, -0.25) is 9.69 Å². The third-order valence-electron chi connectivity index (χ3n) is 4.42. The molecule has 0 saturated carbocycles. The molecule has 144 valence electrons. The van der Waals surface area contributed by atoms with Gasteiger partial charge in [-0.15, -0.1) is 11.3 Å². The number of amides is 1. The number of hydrogen-bond acceptors (Lipinski definition) is 7. The van der Waals surface area contributed by atoms with Crippen LogP contribution < -0.4 is 9.64 Å². The van der Waals surface area contributed by atoms with Crippen LogP contribution in [0.3, 0.4) is 0 Å². The van der Waals surface area contributed by atoms with Crippen molar-refractivity contribution in [2.24, 2.45) is 0 Å². The summed E-state index contributed by atoms with van der Waals surface area (Å²) < 4.78 is 7.43. The molecule has 8 heteroatoms. The molecule has 0 unspecified atom stereocenters. The first kappa shape index (κ1) is 18.8. The summed E-state index contributed by atoms with van der Waals surface area (Å²) >= 11 is 3.03. The van der Waals surface area contributed by atoms with Crippen LogP contribution in [0.1, 0.15) is 10.4 Å². The number of carbonyl (C=O) groups excluding carboxylic acids is 1. The highest BCUT2D eigenvalue weighted by molar-refractivity contribution is 7.22. The van der Waals surface area contributed by atoms with E-state index in [0.29, 0.717) is 23.0 Å². The van der Waals surface area contributed by atoms with Gasteiger partial charge < -0.3 is 9.64 Å². The molecule has 2 aromatic heterocycles. The zero-order valence-electron chi connectivity index (χ0n) is 15.9. The van der Waals surface area contributed by atoms with Crippen molar-refractivity contribution in [1.29, 1.82) is 0 Å². The maximum atomic E-state index is 13.4. The molecule has 4 rings (SSSR count). The molecule has 0 atom stereocenters. The van der Waals surface area contributed by atoms with Gasteiger partial charge in [-0.1, -0.05) is 17.4 Å². The van der Waals surface area contributed by atoms with Crippen LogP contribution in [0, 0.1) is 0 Å². The summed E-state index contributed by atoms with van der Waals surface area (Å²) in [5, 5.41) is 0.677. The summed E-state index contributed by atoms with van der Waals surface area (Å²) in [6.07, 6.45) is 0. The van der Waals surface area contributed by atoms with Crippen LogP contribution in [0.4, 0.5) is 5.13 Å². The zero-order chi connectivity index (χ0) is 19.7. The molecule has 0 radical (unpaired) electrons. The molecule has 4 aromatic rings. The average Bonchev–Trinajstić information content (AvgIpc) is 3.33. The van der Waals surface area contributed by atoms with E-state index in [2.05, 4.69) is 9.88 Å². The monoisotopic (exact) mass is 412 g/mol. The number of thiazole rings is 2. The van der Waals surface area contributed by atoms with Crippen LogP contribution in [0.15, 0.2) is 41.9 Å². The van der Waals surface area contributed by atoms with E-state index in [4.69, 9.17) is 9.72 Å². The second-order valence-electron chi connectivity index (χ2n) is 6.60. The molecule has 0 aliphatic rings. The number of methoxy groups -OCH3 is 1. The molecule has 28 heavy (non-hydrogen) atoms. The van der Waals surface area contributed by atoms with Crippen LogP contribution in [0.5, 0.6) is 5.75 Å². The van der Waals surface area contributed by atoms with Crippen molar-refractivity contribution in [3.8, 4) is 5.75 Å². The van der Waals surface area contributed by atoms with Gasteiger partial charge in [0.1, 0.15) is 11.3 Å². The van der Waals surface area contributed by atoms with Crippen molar-refractivity contribution in [3.05, 3.63) is 47.5 Å². The van der Waals surface area contributed by atoms with Gasteiger partial charge >= 0.3 is 0 Å². The van der Waals surface area contributed by atoms with Crippen LogP contribution in [0.25, 0.3) is 20.4 Å². The van der Waals surface area contributed by atoms with E-state index in [0.717, 1.165) is 27.0 Å². The molecule has 1 amide bonds. The van der Waals surface area contributed by atoms with Crippen molar-refractivity contribution in [2.75, 3.05) is 39.2 Å². The van der Waals surface area contributed by atoms with E-state index < -0.39 is 0 Å². The highest BCUT2D eigenvalue weighted by Crippen LogP contribution is 2.34. The third-order valence-corrected chi connectivity index (χ3v) is 6.25. The lowest BCUT2D eigenvalue weighted by Gasteiger charge is -2.22. The number of nitrogens with zero attached hydrogens (tertiary/aromatic N) is 4. The van der Waals surface area contributed by atoms with Gasteiger partial charge in [-0.25, -0.2) is 9.97 Å². The van der Waals surface area contributed by atoms with Gasteiger partial charge in [-0.05, 0) is 44.4 Å². The normalized spacial score (nSPS) is 11.4. The van der Waals surface area contributed by atoms with Crippen LogP contribution in [-0.2, 0) is 0 Å². The minimum Gasteiger partial charge on any atom is -0.494 e. The van der Waals surface area contributed by atoms with E-state index in [-0.39, 0.29) is 5.91 Å². The lowest BCUT2D eigenvalue weighted by molar-refractivity contribution is 0.0985. The summed E-state index contributed by atoms with van der Waals surface area (Å²) in [6, 6.07) is 11.5. The number of likely N-dealkylation sites (N-methyl/N-ethyl adjacent to an activating group) is 1. The Morgan fingerprint density at radius 2 is 2.00 bits per heavy atom. The molecule has 0 spiro atoms. The Hall–Kier alpha value is -2.55. The van der Waals surface area contributed by atoms with E-state index in [9.17, 15) is 4.79 Å². The van der Waals surface area contributed by atoms with Crippen molar-refractivity contribution in [1.82, 2.24) is 14.9 Å². The van der Waals surface area contributed by atoms with Gasteiger partial charge in [0.15, 0.2) is 5.13 Å². The minimum absolute atomic E-state index is 0.0600. The van der Waals surface area contributed by atoms with Crippen molar-refractivity contribution < 1.29 is 9.53 Å². The number of anilines is 1. The topological polar surface area (TPSA) is 58.6 Å². The first-order chi connectivity index (χ1) is 13.6. The maximum Gasteiger partial charge on any atom is 0.260 e. The Kier molecular flexibility index (Phi) is 5.25. The van der Waals surface area contributed by atoms with Gasteiger partial charge in [-0.2, -0.15) is 0 Å². The molecule has 2 heterocycles. The fraction of sp³-hybridized carbons (Fsp3) is 0.250. The fourth-order valence-corrected chi connectivity index (χ4v) is 4.64. The molecule has 0 aliphatic heterocycles. The predicted molar refractivity (Wildman–Crippen MR) is 116 cm³/mol. The molecule has 0 bridgehead atoms. The smallest absolute Gasteiger partial charge is 0.260 e. The van der Waals surface area contributed by atoms with E-state index >= 15 is 0 Å². The van der Waals surface area contributed by atoms with Gasteiger partial charge in [0, 0.05) is 18.7 Å². The van der Waals surface area contributed by atoms with Crippen LogP contribution in [0.2, 0.25) is 0 Å². The minimum atomic E-state index is -0.0600. The predicted octanol–water partition coefficient (Wildman–Crippen LogP) is 4.12. The first-order valence-electron chi connectivity index (χ1n) is 8.80. The molecule has 0 N–H and O–H groups in total. The van der Waals surface area contributed by atoms with E-state index in [1.165, 1.54) is 22.7 Å². The second-order valence-corrected chi connectivity index (χ2v) is 8.49. The fourth-order valence-electron chi connectivity index (χ4n) is 2.92. The average molecular weight is 413 g/mol. The second kappa shape index (κ2) is 7.83. The van der Waals surface area contributed by atoms with Crippen molar-refractivity contribution in [3.63, 3.8) is 0 Å². The number of benzene rings is 2. The van der Waals surface area contributed by atoms with Crippen molar-refractivity contribution in [2.45, 2.75) is 0 Å². The van der Waals surface area contributed by atoms with Crippen LogP contribution in [-0.4, -0.2) is 55.1 Å². The Bertz CT molecular complexity index is 1140. The Morgan fingerprint density at radius 1 is 1.14 bits per heavy atom. The largest absolute Gasteiger partial charge is 0.494 e. The molecule has 6 nitrogen and oxygen atoms in total. The highest BCUT2D eigenvalue weighted by Gasteiger charge is 2.22. The number of carbonyl (C=O) groups is 1. The Morgan fingerprint density at radius 3 is 2.79 bits per heavy atom. The van der Waals surface area contributed by atoms with Gasteiger partial charge in [0.2, 0.25) is 0 Å². The number of para-hydroxylation sites is 1. The Balaban J connectivity index is 1.75. The quantitative estimate of drug-likeness (QED) is 0.477. The molecule has 0 fully saturated rings. The molecule has 0 aliphatic carbocycles. The third kappa shape index (κ3) is 3.58. The summed E-state index contributed by atoms with van der Waals surface area (Å²) in [6.45, 7) is 1.29. The summed E-state index contributed by atoms with van der Waals surface area (Å²) in [5.74, 6) is 0.654. The maximum absolute atomic E-state index is 13.4. The number of rotatable bonds is 6. The van der Waals surface area contributed by atoms with Crippen LogP contribution >= 0.6 is 22.7 Å². The van der Waals surface area contributed by atoms with Crippen molar-refractivity contribution >= 4 is 54.1 Å². The number of ether oxygens (including phenoxy) is 1. The van der Waals surface area contributed by atoms with Gasteiger partial charge in [0.05, 0.1) is 27.5 Å². The molecule has 2 aromatic carbocycles. The molecular weight excluding hydrogens is 392 g/mol. The molecular formula is C20H20N4O2S2. The van der Waals surface area contributed by atoms with E-state index in [1.54, 1.807) is 17.5 Å². The number of fused-ring (bicyclic) bond motifs is 2. The van der Waals surface area contributed by atoms with E-state index in [1.807, 2.05) is 50.5 Å². The lowest BCUT2D eigenvalue weighted by atomic mass is 10.2. The first-order valence-corrected chi connectivity index (χ1v) is 10.5. The number of hydrogen-bond donors (Lipinski definition) is 0. The summed E-state index contributed by atoms with van der Waals surface area (Å²) in [5.41, 5.74) is 4.13. The summed E-state index contributed by atoms with van der Waals surface area (Å²) in [7, 11) is 5.62. The highest BCUT2D eigenvalue weighted by atomic mass is 32.1. The molecule has 0 saturated heterocycles. The lowest BCUT2D eigenvalue weighted by Crippen LogP contribution is -2.36. The van der Waals surface area contributed by atoms with Gasteiger partial charge in [0.25, 0.3) is 5.91 Å². The Labute approximate surface area is 171 Å². The zero-order valence-corrected chi connectivity index (χ0v) is 17.5. The SMILES string of the molecule is COc1cccc2sc(N(CCN(C)C)C(=O)c3ccc4ncsc4c3)nc12. The number of aromatic nitrogens is 2.